The van der Waals surface area contributed by atoms with E-state index in [9.17, 15) is 8.42 Å². The highest BCUT2D eigenvalue weighted by Crippen LogP contribution is 2.23. The molecule has 1 fully saturated rings. The summed E-state index contributed by atoms with van der Waals surface area (Å²) in [6.45, 7) is 7.17. The quantitative estimate of drug-likeness (QED) is 0.519. The predicted molar refractivity (Wildman–Crippen MR) is 79.8 cm³/mol. The number of aromatic nitrogens is 2. The van der Waals surface area contributed by atoms with Gasteiger partial charge in [0, 0.05) is 26.2 Å². The molecule has 21 heavy (non-hydrogen) atoms. The largest absolute Gasteiger partial charge is 0.386 e. The van der Waals surface area contributed by atoms with Crippen molar-refractivity contribution >= 4 is 15.9 Å². The van der Waals surface area contributed by atoms with Gasteiger partial charge in [0.1, 0.15) is 10.7 Å². The van der Waals surface area contributed by atoms with Crippen molar-refractivity contribution < 1.29 is 8.42 Å². The molecule has 1 aromatic rings. The van der Waals surface area contributed by atoms with Gasteiger partial charge < -0.3 is 5.73 Å². The van der Waals surface area contributed by atoms with E-state index < -0.39 is 10.0 Å². The lowest BCUT2D eigenvalue weighted by atomic mass is 10.2. The van der Waals surface area contributed by atoms with Crippen LogP contribution in [-0.2, 0) is 10.0 Å². The zero-order chi connectivity index (χ0) is 15.8. The lowest BCUT2D eigenvalue weighted by molar-refractivity contribution is 0.173. The van der Waals surface area contributed by atoms with Gasteiger partial charge in [0.2, 0.25) is 10.0 Å². The van der Waals surface area contributed by atoms with E-state index in [1.165, 1.54) is 4.31 Å². The molecule has 9 heteroatoms. The first-order valence-corrected chi connectivity index (χ1v) is 8.29. The van der Waals surface area contributed by atoms with E-state index in [1.54, 1.807) is 13.8 Å². The average Bonchev–Trinajstić information content (AvgIpc) is 2.78. The van der Waals surface area contributed by atoms with Crippen molar-refractivity contribution in [2.24, 2.45) is 5.73 Å². The molecular weight excluding hydrogens is 292 g/mol. The Morgan fingerprint density at radius 3 is 2.33 bits per heavy atom. The maximum absolute atomic E-state index is 12.7. The van der Waals surface area contributed by atoms with Gasteiger partial charge in [0.05, 0.1) is 17.4 Å². The molecule has 0 amide bonds. The maximum Gasteiger partial charge on any atom is 0.246 e. The van der Waals surface area contributed by atoms with Crippen LogP contribution in [0.1, 0.15) is 18.3 Å². The van der Waals surface area contributed by atoms with Crippen LogP contribution in [0.5, 0.6) is 0 Å². The third-order valence-corrected chi connectivity index (χ3v) is 6.09. The van der Waals surface area contributed by atoms with E-state index in [0.29, 0.717) is 37.6 Å². The van der Waals surface area contributed by atoms with E-state index >= 15 is 0 Å². The van der Waals surface area contributed by atoms with Crippen LogP contribution in [0.25, 0.3) is 0 Å². The van der Waals surface area contributed by atoms with Crippen LogP contribution in [-0.4, -0.2) is 65.9 Å². The number of H-pyrrole nitrogens is 1. The van der Waals surface area contributed by atoms with Crippen LogP contribution in [0.3, 0.4) is 0 Å². The van der Waals surface area contributed by atoms with E-state index in [1.807, 2.05) is 11.8 Å². The Bertz CT molecular complexity index is 611. The standard InChI is InChI=1S/C12H22N6O2S/c1-8-11(9(2)16-15-8)21(19,20)18-6-4-17(5-7-18)10(3)12(13)14/h10H,4-7H2,1-3H3,(H3,13,14)(H,15,16). The molecule has 2 heterocycles. The van der Waals surface area contributed by atoms with E-state index in [2.05, 4.69) is 10.2 Å². The molecule has 1 saturated heterocycles. The van der Waals surface area contributed by atoms with Crippen LogP contribution in [0.2, 0.25) is 0 Å². The Balaban J connectivity index is 2.14. The lowest BCUT2D eigenvalue weighted by Crippen LogP contribution is -2.54. The Labute approximate surface area is 124 Å². The molecule has 1 atom stereocenters. The van der Waals surface area contributed by atoms with Gasteiger partial charge in [-0.25, -0.2) is 8.42 Å². The molecule has 0 aliphatic carbocycles. The summed E-state index contributed by atoms with van der Waals surface area (Å²) in [5, 5.41) is 14.1. The molecule has 1 aliphatic rings. The van der Waals surface area contributed by atoms with Crippen LogP contribution in [0, 0.1) is 19.3 Å². The third kappa shape index (κ3) is 2.94. The number of nitrogens with two attached hydrogens (primary N) is 1. The van der Waals surface area contributed by atoms with Crippen molar-refractivity contribution in [1.29, 1.82) is 5.41 Å². The third-order valence-electron chi connectivity index (χ3n) is 3.93. The van der Waals surface area contributed by atoms with Crippen molar-refractivity contribution in [2.45, 2.75) is 31.7 Å². The summed E-state index contributed by atoms with van der Waals surface area (Å²) < 4.78 is 26.8. The Morgan fingerprint density at radius 2 is 1.90 bits per heavy atom. The molecule has 1 unspecified atom stereocenters. The van der Waals surface area contributed by atoms with Gasteiger partial charge in [0.25, 0.3) is 0 Å². The number of nitrogens with zero attached hydrogens (tertiary/aromatic N) is 3. The number of aromatic amines is 1. The number of aryl methyl sites for hydroxylation is 2. The molecule has 0 aromatic carbocycles. The summed E-state index contributed by atoms with van der Waals surface area (Å²) in [6, 6.07) is -0.160. The van der Waals surface area contributed by atoms with Crippen LogP contribution in [0.15, 0.2) is 4.90 Å². The predicted octanol–water partition coefficient (Wildman–Crippen LogP) is -0.343. The number of piperazine rings is 1. The minimum absolute atomic E-state index is 0.104. The van der Waals surface area contributed by atoms with Crippen molar-refractivity contribution in [3.63, 3.8) is 0 Å². The molecule has 118 valence electrons. The first-order chi connectivity index (χ1) is 9.75. The van der Waals surface area contributed by atoms with Crippen LogP contribution >= 0.6 is 0 Å². The number of hydrogen-bond acceptors (Lipinski definition) is 5. The topological polar surface area (TPSA) is 119 Å². The second kappa shape index (κ2) is 5.74. The molecule has 0 saturated carbocycles. The minimum Gasteiger partial charge on any atom is -0.386 e. The zero-order valence-corrected chi connectivity index (χ0v) is 13.4. The number of hydrogen-bond donors (Lipinski definition) is 3. The number of rotatable bonds is 4. The van der Waals surface area contributed by atoms with Crippen molar-refractivity contribution in [3.05, 3.63) is 11.4 Å². The molecule has 0 bridgehead atoms. The second-order valence-corrected chi connectivity index (χ2v) is 7.21. The summed E-state index contributed by atoms with van der Waals surface area (Å²) in [4.78, 5) is 2.29. The Morgan fingerprint density at radius 1 is 1.33 bits per heavy atom. The molecule has 8 nitrogen and oxygen atoms in total. The highest BCUT2D eigenvalue weighted by molar-refractivity contribution is 7.89. The molecule has 2 rings (SSSR count). The number of amidine groups is 1. The van der Waals surface area contributed by atoms with Gasteiger partial charge in [-0.3, -0.25) is 15.4 Å². The summed E-state index contributed by atoms with van der Waals surface area (Å²) in [7, 11) is -3.52. The van der Waals surface area contributed by atoms with Crippen molar-refractivity contribution in [3.8, 4) is 0 Å². The first kappa shape index (κ1) is 15.9. The zero-order valence-electron chi connectivity index (χ0n) is 12.5. The van der Waals surface area contributed by atoms with E-state index in [0.717, 1.165) is 0 Å². The molecular formula is C12H22N6O2S. The smallest absolute Gasteiger partial charge is 0.246 e. The summed E-state index contributed by atoms with van der Waals surface area (Å²) in [6.07, 6.45) is 0. The van der Waals surface area contributed by atoms with Gasteiger partial charge in [0.15, 0.2) is 0 Å². The molecule has 0 spiro atoms. The normalized spacial score (nSPS) is 19.6. The van der Waals surface area contributed by atoms with Gasteiger partial charge >= 0.3 is 0 Å². The fraction of sp³-hybridized carbons (Fsp3) is 0.667. The Hall–Kier alpha value is -1.45. The Kier molecular flexibility index (Phi) is 4.35. The molecule has 1 aromatic heterocycles. The average molecular weight is 314 g/mol. The highest BCUT2D eigenvalue weighted by Gasteiger charge is 2.33. The van der Waals surface area contributed by atoms with Crippen LogP contribution < -0.4 is 5.73 Å². The van der Waals surface area contributed by atoms with Gasteiger partial charge in [-0.15, -0.1) is 0 Å². The fourth-order valence-electron chi connectivity index (χ4n) is 2.58. The highest BCUT2D eigenvalue weighted by atomic mass is 32.2. The molecule has 1 aliphatic heterocycles. The number of sulfonamides is 1. The fourth-order valence-corrected chi connectivity index (χ4v) is 4.33. The van der Waals surface area contributed by atoms with Crippen LogP contribution in [0.4, 0.5) is 0 Å². The lowest BCUT2D eigenvalue weighted by Gasteiger charge is -2.36. The van der Waals surface area contributed by atoms with E-state index in [4.69, 9.17) is 11.1 Å². The number of nitrogens with one attached hydrogen (secondary N) is 2. The SMILES string of the molecule is Cc1n[nH]c(C)c1S(=O)(=O)N1CCN(C(C)C(=N)N)CC1. The molecule has 0 radical (unpaired) electrons. The maximum atomic E-state index is 12.7. The monoisotopic (exact) mass is 314 g/mol. The summed E-state index contributed by atoms with van der Waals surface area (Å²) in [5.74, 6) is 0.104. The minimum atomic E-state index is -3.52. The summed E-state index contributed by atoms with van der Waals surface area (Å²) >= 11 is 0. The summed E-state index contributed by atoms with van der Waals surface area (Å²) in [5.41, 5.74) is 6.56. The molecule has 4 N–H and O–H groups in total. The first-order valence-electron chi connectivity index (χ1n) is 6.85. The van der Waals surface area contributed by atoms with Gasteiger partial charge in [-0.05, 0) is 20.8 Å². The van der Waals surface area contributed by atoms with Gasteiger partial charge in [-0.2, -0.15) is 9.40 Å². The van der Waals surface area contributed by atoms with Crippen molar-refractivity contribution in [2.75, 3.05) is 26.2 Å². The van der Waals surface area contributed by atoms with Crippen molar-refractivity contribution in [1.82, 2.24) is 19.4 Å². The second-order valence-electron chi connectivity index (χ2n) is 5.33. The van der Waals surface area contributed by atoms with Gasteiger partial charge in [-0.1, -0.05) is 0 Å². The van der Waals surface area contributed by atoms with E-state index in [-0.39, 0.29) is 16.8 Å².